The SMILES string of the molecule is Cc1nnc(Sc2cc3ccccc3[nH]2)c(C#N)c1C. The van der Waals surface area contributed by atoms with Crippen molar-refractivity contribution in [2.24, 2.45) is 0 Å². The molecule has 0 amide bonds. The van der Waals surface area contributed by atoms with E-state index in [2.05, 4.69) is 27.3 Å². The number of fused-ring (bicyclic) bond motifs is 1. The number of H-pyrrole nitrogens is 1. The number of para-hydroxylation sites is 1. The van der Waals surface area contributed by atoms with Gasteiger partial charge < -0.3 is 4.98 Å². The van der Waals surface area contributed by atoms with Crippen molar-refractivity contribution in [1.29, 1.82) is 5.26 Å². The van der Waals surface area contributed by atoms with Crippen LogP contribution in [-0.4, -0.2) is 15.2 Å². The zero-order valence-corrected chi connectivity index (χ0v) is 12.0. The van der Waals surface area contributed by atoms with Gasteiger partial charge in [0.05, 0.1) is 16.3 Å². The van der Waals surface area contributed by atoms with Crippen molar-refractivity contribution in [1.82, 2.24) is 15.2 Å². The zero-order chi connectivity index (χ0) is 14.1. The third-order valence-electron chi connectivity index (χ3n) is 3.25. The van der Waals surface area contributed by atoms with Crippen LogP contribution in [0.15, 0.2) is 40.4 Å². The van der Waals surface area contributed by atoms with E-state index in [1.165, 1.54) is 11.8 Å². The summed E-state index contributed by atoms with van der Waals surface area (Å²) in [5, 5.41) is 20.3. The number of nitrogens with zero attached hydrogens (tertiary/aromatic N) is 3. The quantitative estimate of drug-likeness (QED) is 0.779. The molecule has 5 heteroatoms. The molecule has 0 unspecified atom stereocenters. The second-order valence-corrected chi connectivity index (χ2v) is 5.56. The molecule has 20 heavy (non-hydrogen) atoms. The molecule has 0 aliphatic heterocycles. The average Bonchev–Trinajstić information content (AvgIpc) is 2.85. The largest absolute Gasteiger partial charge is 0.349 e. The van der Waals surface area contributed by atoms with E-state index in [-0.39, 0.29) is 0 Å². The van der Waals surface area contributed by atoms with E-state index in [0.717, 1.165) is 27.2 Å². The van der Waals surface area contributed by atoms with E-state index in [1.807, 2.05) is 38.1 Å². The summed E-state index contributed by atoms with van der Waals surface area (Å²) in [5.74, 6) is 0. The molecule has 1 N–H and O–H groups in total. The van der Waals surface area contributed by atoms with Gasteiger partial charge in [0.1, 0.15) is 11.1 Å². The summed E-state index contributed by atoms with van der Waals surface area (Å²) in [5.41, 5.74) is 3.36. The van der Waals surface area contributed by atoms with Crippen LogP contribution in [0.1, 0.15) is 16.8 Å². The van der Waals surface area contributed by atoms with Crippen LogP contribution in [0, 0.1) is 25.2 Å². The molecule has 0 spiro atoms. The number of hydrogen-bond donors (Lipinski definition) is 1. The van der Waals surface area contributed by atoms with E-state index >= 15 is 0 Å². The van der Waals surface area contributed by atoms with E-state index in [1.54, 1.807) is 0 Å². The highest BCUT2D eigenvalue weighted by Crippen LogP contribution is 2.31. The van der Waals surface area contributed by atoms with Crippen molar-refractivity contribution in [3.63, 3.8) is 0 Å². The number of rotatable bonds is 2. The molecule has 3 rings (SSSR count). The molecule has 0 aliphatic carbocycles. The van der Waals surface area contributed by atoms with E-state index in [0.29, 0.717) is 10.6 Å². The summed E-state index contributed by atoms with van der Waals surface area (Å²) < 4.78 is 0. The Kier molecular flexibility index (Phi) is 3.17. The summed E-state index contributed by atoms with van der Waals surface area (Å²) in [6.45, 7) is 3.76. The summed E-state index contributed by atoms with van der Waals surface area (Å²) in [6, 6.07) is 12.3. The molecule has 0 atom stereocenters. The molecule has 0 fully saturated rings. The molecule has 98 valence electrons. The fraction of sp³-hybridized carbons (Fsp3) is 0.133. The van der Waals surface area contributed by atoms with Crippen LogP contribution >= 0.6 is 11.8 Å². The molecular formula is C15H12N4S. The minimum absolute atomic E-state index is 0.598. The van der Waals surface area contributed by atoms with Gasteiger partial charge in [-0.3, -0.25) is 0 Å². The smallest absolute Gasteiger partial charge is 0.143 e. The first kappa shape index (κ1) is 12.7. The summed E-state index contributed by atoms with van der Waals surface area (Å²) in [4.78, 5) is 3.32. The van der Waals surface area contributed by atoms with Gasteiger partial charge in [-0.15, -0.1) is 5.10 Å². The highest BCUT2D eigenvalue weighted by Gasteiger charge is 2.13. The van der Waals surface area contributed by atoms with E-state index in [9.17, 15) is 5.26 Å². The Balaban J connectivity index is 2.03. The van der Waals surface area contributed by atoms with Gasteiger partial charge in [0, 0.05) is 10.9 Å². The lowest BCUT2D eigenvalue weighted by atomic mass is 10.1. The number of nitrogens with one attached hydrogen (secondary N) is 1. The Labute approximate surface area is 120 Å². The molecule has 3 aromatic rings. The Morgan fingerprint density at radius 2 is 2.00 bits per heavy atom. The molecule has 1 aromatic carbocycles. The maximum Gasteiger partial charge on any atom is 0.143 e. The maximum atomic E-state index is 9.30. The van der Waals surface area contributed by atoms with Gasteiger partial charge in [-0.25, -0.2) is 0 Å². The normalized spacial score (nSPS) is 10.7. The van der Waals surface area contributed by atoms with Crippen molar-refractivity contribution >= 4 is 22.7 Å². The molecule has 0 radical (unpaired) electrons. The number of hydrogen-bond acceptors (Lipinski definition) is 4. The third-order valence-corrected chi connectivity index (χ3v) is 4.17. The minimum atomic E-state index is 0.598. The van der Waals surface area contributed by atoms with Gasteiger partial charge in [-0.2, -0.15) is 10.4 Å². The van der Waals surface area contributed by atoms with Crippen LogP contribution in [0.2, 0.25) is 0 Å². The number of aryl methyl sites for hydroxylation is 1. The first-order valence-electron chi connectivity index (χ1n) is 6.18. The minimum Gasteiger partial charge on any atom is -0.349 e. The zero-order valence-electron chi connectivity index (χ0n) is 11.1. The number of aromatic amines is 1. The summed E-state index contributed by atoms with van der Waals surface area (Å²) >= 11 is 1.44. The Morgan fingerprint density at radius 1 is 1.20 bits per heavy atom. The number of benzene rings is 1. The second-order valence-electron chi connectivity index (χ2n) is 4.53. The molecule has 0 aliphatic rings. The first-order valence-corrected chi connectivity index (χ1v) is 7.00. The Hall–Kier alpha value is -2.32. The monoisotopic (exact) mass is 280 g/mol. The lowest BCUT2D eigenvalue weighted by Crippen LogP contribution is -1.98. The van der Waals surface area contributed by atoms with Crippen LogP contribution in [0.25, 0.3) is 10.9 Å². The fourth-order valence-electron chi connectivity index (χ4n) is 2.00. The van der Waals surface area contributed by atoms with Crippen molar-refractivity contribution in [2.75, 3.05) is 0 Å². The molecule has 0 saturated carbocycles. The molecule has 2 aromatic heterocycles. The predicted octanol–water partition coefficient (Wildman–Crippen LogP) is 3.60. The first-order chi connectivity index (χ1) is 9.69. The van der Waals surface area contributed by atoms with Crippen LogP contribution < -0.4 is 0 Å². The molecule has 2 heterocycles. The van der Waals surface area contributed by atoms with E-state index in [4.69, 9.17) is 0 Å². The van der Waals surface area contributed by atoms with Gasteiger partial charge in [0.25, 0.3) is 0 Å². The number of nitriles is 1. The second kappa shape index (κ2) is 4.99. The van der Waals surface area contributed by atoms with Crippen LogP contribution in [0.5, 0.6) is 0 Å². The lowest BCUT2D eigenvalue weighted by Gasteiger charge is -2.05. The van der Waals surface area contributed by atoms with Gasteiger partial charge in [-0.05, 0) is 43.3 Å². The van der Waals surface area contributed by atoms with Crippen LogP contribution in [0.4, 0.5) is 0 Å². The van der Waals surface area contributed by atoms with E-state index < -0.39 is 0 Å². The van der Waals surface area contributed by atoms with Crippen molar-refractivity contribution in [3.05, 3.63) is 47.2 Å². The van der Waals surface area contributed by atoms with Crippen LogP contribution in [-0.2, 0) is 0 Å². The van der Waals surface area contributed by atoms with Crippen LogP contribution in [0.3, 0.4) is 0 Å². The highest BCUT2D eigenvalue weighted by atomic mass is 32.2. The van der Waals surface area contributed by atoms with Crippen molar-refractivity contribution in [2.45, 2.75) is 23.9 Å². The van der Waals surface area contributed by atoms with Gasteiger partial charge in [0.15, 0.2) is 0 Å². The maximum absolute atomic E-state index is 9.30. The average molecular weight is 280 g/mol. The van der Waals surface area contributed by atoms with Gasteiger partial charge >= 0.3 is 0 Å². The van der Waals surface area contributed by atoms with Crippen molar-refractivity contribution in [3.8, 4) is 6.07 Å². The predicted molar refractivity (Wildman–Crippen MR) is 78.6 cm³/mol. The fourth-order valence-corrected chi connectivity index (χ4v) is 2.93. The summed E-state index contributed by atoms with van der Waals surface area (Å²) in [6.07, 6.45) is 0. The van der Waals surface area contributed by atoms with Gasteiger partial charge in [-0.1, -0.05) is 18.2 Å². The topological polar surface area (TPSA) is 65.4 Å². The molecule has 0 bridgehead atoms. The standard InChI is InChI=1S/C15H12N4S/c1-9-10(2)18-19-15(12(9)8-16)20-14-7-11-5-3-4-6-13(11)17-14/h3-7,17H,1-2H3. The third kappa shape index (κ3) is 2.15. The Morgan fingerprint density at radius 3 is 2.75 bits per heavy atom. The molecule has 4 nitrogen and oxygen atoms in total. The number of aromatic nitrogens is 3. The molecule has 0 saturated heterocycles. The Bertz CT molecular complexity index is 796. The highest BCUT2D eigenvalue weighted by molar-refractivity contribution is 7.99. The van der Waals surface area contributed by atoms with Gasteiger partial charge in [0.2, 0.25) is 0 Å². The molecular weight excluding hydrogens is 268 g/mol. The lowest BCUT2D eigenvalue weighted by molar-refractivity contribution is 0.870. The summed E-state index contributed by atoms with van der Waals surface area (Å²) in [7, 11) is 0. The van der Waals surface area contributed by atoms with Crippen molar-refractivity contribution < 1.29 is 0 Å².